The Morgan fingerprint density at radius 1 is 1.12 bits per heavy atom. The van der Waals surface area contributed by atoms with Gasteiger partial charge in [-0.15, -0.1) is 0 Å². The van der Waals surface area contributed by atoms with Crippen molar-refractivity contribution in [2.75, 3.05) is 26.2 Å². The van der Waals surface area contributed by atoms with Gasteiger partial charge < -0.3 is 4.74 Å². The van der Waals surface area contributed by atoms with Gasteiger partial charge in [0, 0.05) is 43.6 Å². The summed E-state index contributed by atoms with van der Waals surface area (Å²) >= 11 is 0. The van der Waals surface area contributed by atoms with Gasteiger partial charge in [0.2, 0.25) is 0 Å². The summed E-state index contributed by atoms with van der Waals surface area (Å²) in [6.45, 7) is 19.1. The van der Waals surface area contributed by atoms with E-state index in [1.54, 1.807) is 18.2 Å². The standard InChI is InChI=1S/C19H25NO3.C10H18O/c1-13-9-19(10-13)11-20(12-19)6-7-23-16-4-5-17(14(2)21)18(8-16)15(3)22;1-5-10(11)7-6-9(4)8(2)3/h4-5,8,13H,6-7,9-12H2,1-3H3;9H,2,5-7H2,1,3-4H3. The molecule has 2 aliphatic rings. The molecule has 1 unspecified atom stereocenters. The fourth-order valence-corrected chi connectivity index (χ4v) is 5.04. The van der Waals surface area contributed by atoms with E-state index in [0.29, 0.717) is 53.4 Å². The van der Waals surface area contributed by atoms with Gasteiger partial charge in [0.1, 0.15) is 18.1 Å². The minimum absolute atomic E-state index is 0.0950. The molecule has 1 spiro atoms. The van der Waals surface area contributed by atoms with Crippen molar-refractivity contribution < 1.29 is 19.1 Å². The SMILES string of the molecule is C=C(C)C(C)CCC(=O)CC.CC(=O)c1ccc(OCCN2CC3(CC(C)C3)C2)cc1C(C)=O. The highest BCUT2D eigenvalue weighted by atomic mass is 16.5. The van der Waals surface area contributed by atoms with Crippen molar-refractivity contribution in [1.82, 2.24) is 4.90 Å². The molecule has 0 N–H and O–H groups in total. The van der Waals surface area contributed by atoms with Crippen molar-refractivity contribution in [1.29, 1.82) is 0 Å². The third kappa shape index (κ3) is 7.90. The van der Waals surface area contributed by atoms with Crippen LogP contribution in [0.4, 0.5) is 0 Å². The summed E-state index contributed by atoms with van der Waals surface area (Å²) < 4.78 is 5.77. The highest BCUT2D eigenvalue weighted by molar-refractivity contribution is 6.07. The second kappa shape index (κ2) is 12.4. The zero-order valence-corrected chi connectivity index (χ0v) is 22.0. The fraction of sp³-hybridized carbons (Fsp3) is 0.621. The van der Waals surface area contributed by atoms with Crippen LogP contribution in [0.2, 0.25) is 0 Å². The van der Waals surface area contributed by atoms with E-state index in [0.717, 1.165) is 18.9 Å². The van der Waals surface area contributed by atoms with E-state index in [4.69, 9.17) is 4.74 Å². The van der Waals surface area contributed by atoms with Crippen LogP contribution in [-0.4, -0.2) is 48.5 Å². The largest absolute Gasteiger partial charge is 0.492 e. The second-order valence-electron chi connectivity index (χ2n) is 10.6. The molecule has 2 fully saturated rings. The van der Waals surface area contributed by atoms with Crippen LogP contribution < -0.4 is 4.74 Å². The minimum atomic E-state index is -0.107. The van der Waals surface area contributed by atoms with Crippen molar-refractivity contribution in [2.45, 2.75) is 73.6 Å². The van der Waals surface area contributed by atoms with E-state index in [9.17, 15) is 14.4 Å². The van der Waals surface area contributed by atoms with Crippen molar-refractivity contribution in [3.05, 3.63) is 41.5 Å². The molecule has 1 aliphatic heterocycles. The fourth-order valence-electron chi connectivity index (χ4n) is 5.04. The first kappa shape index (κ1) is 28.0. The topological polar surface area (TPSA) is 63.7 Å². The number of hydrogen-bond donors (Lipinski definition) is 0. The number of hydrogen-bond acceptors (Lipinski definition) is 5. The Labute approximate surface area is 205 Å². The summed E-state index contributed by atoms with van der Waals surface area (Å²) in [5, 5.41) is 0. The average molecular weight is 470 g/mol. The molecular weight excluding hydrogens is 426 g/mol. The lowest BCUT2D eigenvalue weighted by atomic mass is 9.58. The van der Waals surface area contributed by atoms with Crippen molar-refractivity contribution in [3.63, 3.8) is 0 Å². The molecule has 1 aliphatic carbocycles. The molecule has 1 saturated heterocycles. The Balaban J connectivity index is 0.000000316. The molecule has 0 amide bonds. The number of benzene rings is 1. The van der Waals surface area contributed by atoms with Gasteiger partial charge in [0.25, 0.3) is 0 Å². The van der Waals surface area contributed by atoms with Gasteiger partial charge >= 0.3 is 0 Å². The quantitative estimate of drug-likeness (QED) is 0.287. The molecule has 0 bridgehead atoms. The van der Waals surface area contributed by atoms with Crippen LogP contribution in [-0.2, 0) is 4.79 Å². The molecular formula is C29H43NO4. The third-order valence-corrected chi connectivity index (χ3v) is 7.20. The number of carbonyl (C=O) groups is 3. The zero-order chi connectivity index (χ0) is 25.5. The lowest BCUT2D eigenvalue weighted by Gasteiger charge is -2.58. The van der Waals surface area contributed by atoms with E-state index in [1.165, 1.54) is 45.4 Å². The number of likely N-dealkylation sites (tertiary alicyclic amines) is 1. The zero-order valence-electron chi connectivity index (χ0n) is 22.0. The third-order valence-electron chi connectivity index (χ3n) is 7.20. The summed E-state index contributed by atoms with van der Waals surface area (Å²) in [5.41, 5.74) is 2.70. The highest BCUT2D eigenvalue weighted by Gasteiger charge is 2.50. The summed E-state index contributed by atoms with van der Waals surface area (Å²) in [6, 6.07) is 5.14. The number of rotatable bonds is 11. The van der Waals surface area contributed by atoms with Gasteiger partial charge in [-0.2, -0.15) is 0 Å². The van der Waals surface area contributed by atoms with Crippen LogP contribution in [0.15, 0.2) is 30.4 Å². The van der Waals surface area contributed by atoms with E-state index in [2.05, 4.69) is 25.3 Å². The van der Waals surface area contributed by atoms with Gasteiger partial charge in [-0.1, -0.05) is 32.9 Å². The molecule has 1 heterocycles. The van der Waals surface area contributed by atoms with Crippen LogP contribution in [0.1, 0.15) is 94.4 Å². The number of ketones is 3. The molecule has 0 aromatic heterocycles. The van der Waals surface area contributed by atoms with Crippen LogP contribution in [0.3, 0.4) is 0 Å². The average Bonchev–Trinajstić information content (AvgIpc) is 2.74. The lowest BCUT2D eigenvalue weighted by molar-refractivity contribution is -0.119. The predicted octanol–water partition coefficient (Wildman–Crippen LogP) is 6.16. The molecule has 188 valence electrons. The van der Waals surface area contributed by atoms with Crippen LogP contribution >= 0.6 is 0 Å². The Bertz CT molecular complexity index is 889. The normalized spacial score (nSPS) is 17.6. The van der Waals surface area contributed by atoms with Gasteiger partial charge in [-0.25, -0.2) is 0 Å². The number of Topliss-reactive ketones (excluding diaryl/α,β-unsaturated/α-hetero) is 3. The van der Waals surface area contributed by atoms with Crippen LogP contribution in [0.5, 0.6) is 5.75 Å². The molecule has 5 nitrogen and oxygen atoms in total. The Hall–Kier alpha value is -2.27. The number of ether oxygens (including phenoxy) is 1. The smallest absolute Gasteiger partial charge is 0.160 e. The number of nitrogens with zero attached hydrogens (tertiary/aromatic N) is 1. The second-order valence-corrected chi connectivity index (χ2v) is 10.6. The molecule has 34 heavy (non-hydrogen) atoms. The first-order valence-corrected chi connectivity index (χ1v) is 12.6. The van der Waals surface area contributed by atoms with Crippen molar-refractivity contribution >= 4 is 17.3 Å². The van der Waals surface area contributed by atoms with Gasteiger partial charge in [0.05, 0.1) is 0 Å². The van der Waals surface area contributed by atoms with Gasteiger partial charge in [-0.3, -0.25) is 19.3 Å². The molecule has 3 rings (SSSR count). The Morgan fingerprint density at radius 3 is 2.24 bits per heavy atom. The molecule has 1 atom stereocenters. The monoisotopic (exact) mass is 469 g/mol. The van der Waals surface area contributed by atoms with E-state index < -0.39 is 0 Å². The summed E-state index contributed by atoms with van der Waals surface area (Å²) in [7, 11) is 0. The number of allylic oxidation sites excluding steroid dienone is 1. The Kier molecular flexibility index (Phi) is 10.2. The highest BCUT2D eigenvalue weighted by Crippen LogP contribution is 2.51. The lowest BCUT2D eigenvalue weighted by Crippen LogP contribution is -2.62. The summed E-state index contributed by atoms with van der Waals surface area (Å²) in [6.07, 6.45) is 5.09. The van der Waals surface area contributed by atoms with Crippen LogP contribution in [0.25, 0.3) is 0 Å². The molecule has 1 aromatic rings. The summed E-state index contributed by atoms with van der Waals surface area (Å²) in [5.74, 6) is 2.21. The maximum absolute atomic E-state index is 11.7. The molecule has 1 saturated carbocycles. The van der Waals surface area contributed by atoms with E-state index in [-0.39, 0.29) is 11.6 Å². The predicted molar refractivity (Wildman–Crippen MR) is 138 cm³/mol. The van der Waals surface area contributed by atoms with Crippen LogP contribution in [0, 0.1) is 17.3 Å². The first-order valence-electron chi connectivity index (χ1n) is 12.6. The van der Waals surface area contributed by atoms with Gasteiger partial charge in [0.15, 0.2) is 11.6 Å². The molecule has 5 heteroatoms. The molecule has 0 radical (unpaired) electrons. The van der Waals surface area contributed by atoms with Crippen molar-refractivity contribution in [2.24, 2.45) is 17.3 Å². The number of carbonyl (C=O) groups excluding carboxylic acids is 3. The maximum atomic E-state index is 11.7. The van der Waals surface area contributed by atoms with Gasteiger partial charge in [-0.05, 0) is 75.5 Å². The maximum Gasteiger partial charge on any atom is 0.160 e. The summed E-state index contributed by atoms with van der Waals surface area (Å²) in [4.78, 5) is 36.6. The van der Waals surface area contributed by atoms with E-state index >= 15 is 0 Å². The molecule has 1 aromatic carbocycles. The van der Waals surface area contributed by atoms with Crippen molar-refractivity contribution in [3.8, 4) is 5.75 Å². The Morgan fingerprint density at radius 2 is 1.74 bits per heavy atom. The minimum Gasteiger partial charge on any atom is -0.492 e. The van der Waals surface area contributed by atoms with E-state index in [1.807, 2.05) is 13.8 Å². The first-order chi connectivity index (χ1) is 16.0.